The number of hydrogen-bond acceptors (Lipinski definition) is 8. The summed E-state index contributed by atoms with van der Waals surface area (Å²) in [5.74, 6) is 0.612. The Hall–Kier alpha value is -3.46. The van der Waals surface area contributed by atoms with Gasteiger partial charge in [-0.1, -0.05) is 17.3 Å². The molecular formula is C18H13N3O5S. The molecule has 0 bridgehead atoms. The predicted octanol–water partition coefficient (Wildman–Crippen LogP) is 3.47. The van der Waals surface area contributed by atoms with E-state index < -0.39 is 11.5 Å². The molecule has 0 fully saturated rings. The molecule has 3 aromatic heterocycles. The molecule has 0 aliphatic carbocycles. The molecule has 136 valence electrons. The number of para-hydroxylation sites is 1. The van der Waals surface area contributed by atoms with E-state index in [0.29, 0.717) is 39.0 Å². The normalized spacial score (nSPS) is 10.9. The van der Waals surface area contributed by atoms with Crippen molar-refractivity contribution in [2.75, 3.05) is 12.4 Å². The fourth-order valence-corrected chi connectivity index (χ4v) is 3.36. The van der Waals surface area contributed by atoms with Gasteiger partial charge in [-0.25, -0.2) is 4.79 Å². The number of thiophene rings is 1. The molecule has 1 amide bonds. The Kier molecular flexibility index (Phi) is 4.21. The largest absolute Gasteiger partial charge is 0.493 e. The maximum atomic E-state index is 12.7. The van der Waals surface area contributed by atoms with E-state index in [1.807, 2.05) is 0 Å². The van der Waals surface area contributed by atoms with Crippen molar-refractivity contribution in [2.24, 2.45) is 0 Å². The number of carbonyl (C=O) groups is 1. The Morgan fingerprint density at radius 3 is 2.89 bits per heavy atom. The third-order valence-electron chi connectivity index (χ3n) is 3.82. The second-order valence-corrected chi connectivity index (χ2v) is 6.51. The number of nitrogens with zero attached hydrogens (tertiary/aromatic N) is 2. The predicted molar refractivity (Wildman–Crippen MR) is 99.3 cm³/mol. The van der Waals surface area contributed by atoms with Crippen molar-refractivity contribution in [3.8, 4) is 16.5 Å². The minimum atomic E-state index is -0.755. The monoisotopic (exact) mass is 383 g/mol. The van der Waals surface area contributed by atoms with Gasteiger partial charge in [-0.15, -0.1) is 11.3 Å². The fraction of sp³-hybridized carbons (Fsp3) is 0.111. The van der Waals surface area contributed by atoms with Gasteiger partial charge in [-0.2, -0.15) is 4.98 Å². The smallest absolute Gasteiger partial charge is 0.349 e. The van der Waals surface area contributed by atoms with E-state index in [2.05, 4.69) is 15.5 Å². The lowest BCUT2D eigenvalue weighted by molar-refractivity contribution is 0.102. The minimum Gasteiger partial charge on any atom is -0.493 e. The van der Waals surface area contributed by atoms with Gasteiger partial charge in [0.15, 0.2) is 17.2 Å². The highest BCUT2D eigenvalue weighted by Crippen LogP contribution is 2.33. The van der Waals surface area contributed by atoms with Crippen molar-refractivity contribution < 1.29 is 18.5 Å². The number of aromatic nitrogens is 2. The molecule has 0 saturated carbocycles. The van der Waals surface area contributed by atoms with Crippen molar-refractivity contribution in [1.29, 1.82) is 0 Å². The van der Waals surface area contributed by atoms with E-state index in [0.717, 1.165) is 0 Å². The van der Waals surface area contributed by atoms with Crippen LogP contribution in [0.2, 0.25) is 0 Å². The number of amides is 1. The van der Waals surface area contributed by atoms with Crippen LogP contribution in [-0.4, -0.2) is 23.2 Å². The Bertz CT molecular complexity index is 1210. The van der Waals surface area contributed by atoms with Crippen molar-refractivity contribution in [3.63, 3.8) is 0 Å². The molecule has 0 aliphatic heterocycles. The molecule has 27 heavy (non-hydrogen) atoms. The number of fused-ring (bicyclic) bond motifs is 1. The first kappa shape index (κ1) is 17.0. The van der Waals surface area contributed by atoms with Crippen LogP contribution in [0, 0.1) is 6.92 Å². The van der Waals surface area contributed by atoms with Gasteiger partial charge >= 0.3 is 5.63 Å². The number of anilines is 1. The number of hydrogen-bond donors (Lipinski definition) is 1. The average molecular weight is 383 g/mol. The molecular weight excluding hydrogens is 370 g/mol. The zero-order chi connectivity index (χ0) is 19.0. The fourth-order valence-electron chi connectivity index (χ4n) is 2.59. The lowest BCUT2D eigenvalue weighted by atomic mass is 10.1. The highest BCUT2D eigenvalue weighted by Gasteiger charge is 2.19. The van der Waals surface area contributed by atoms with Gasteiger partial charge in [0.1, 0.15) is 10.4 Å². The van der Waals surface area contributed by atoms with Crippen LogP contribution < -0.4 is 15.7 Å². The SMILES string of the molecule is COc1cccc2cc(C(=O)Nc3ccsc3-c3nc(C)no3)c(=O)oc12. The van der Waals surface area contributed by atoms with Crippen LogP contribution in [0.1, 0.15) is 16.2 Å². The number of ether oxygens (including phenoxy) is 1. The Morgan fingerprint density at radius 1 is 1.30 bits per heavy atom. The topological polar surface area (TPSA) is 107 Å². The Labute approximate surface area is 156 Å². The summed E-state index contributed by atoms with van der Waals surface area (Å²) in [5, 5.41) is 8.80. The molecule has 1 N–H and O–H groups in total. The number of carbonyl (C=O) groups excluding carboxylic acids is 1. The molecule has 4 aromatic rings. The van der Waals surface area contributed by atoms with Crippen LogP contribution in [0.15, 0.2) is 49.4 Å². The van der Waals surface area contributed by atoms with Crippen molar-refractivity contribution in [3.05, 3.63) is 57.5 Å². The van der Waals surface area contributed by atoms with Crippen LogP contribution in [0.3, 0.4) is 0 Å². The lowest BCUT2D eigenvalue weighted by Gasteiger charge is -2.07. The van der Waals surface area contributed by atoms with Gasteiger partial charge in [-0.3, -0.25) is 4.79 Å². The second kappa shape index (κ2) is 6.69. The molecule has 0 atom stereocenters. The van der Waals surface area contributed by atoms with E-state index >= 15 is 0 Å². The second-order valence-electron chi connectivity index (χ2n) is 5.59. The molecule has 9 heteroatoms. The van der Waals surface area contributed by atoms with Gasteiger partial charge in [0.05, 0.1) is 12.8 Å². The first-order valence-electron chi connectivity index (χ1n) is 7.87. The van der Waals surface area contributed by atoms with E-state index in [1.54, 1.807) is 36.6 Å². The number of nitrogens with one attached hydrogen (secondary N) is 1. The van der Waals surface area contributed by atoms with Crippen molar-refractivity contribution in [1.82, 2.24) is 10.1 Å². The summed E-state index contributed by atoms with van der Waals surface area (Å²) >= 11 is 1.34. The Morgan fingerprint density at radius 2 is 2.15 bits per heavy atom. The summed E-state index contributed by atoms with van der Waals surface area (Å²) in [5.41, 5.74) is -0.109. The molecule has 3 heterocycles. The highest BCUT2D eigenvalue weighted by molar-refractivity contribution is 7.14. The molecule has 0 unspecified atom stereocenters. The summed E-state index contributed by atoms with van der Waals surface area (Å²) in [7, 11) is 1.48. The standard InChI is InChI=1S/C18H13N3O5S/c1-9-19-17(26-21-9)15-12(6-7-27-15)20-16(22)11-8-10-4-3-5-13(24-2)14(10)25-18(11)23/h3-8H,1-2H3,(H,20,22). The van der Waals surface area contributed by atoms with E-state index in [4.69, 9.17) is 13.7 Å². The summed E-state index contributed by atoms with van der Waals surface area (Å²) in [6.07, 6.45) is 0. The van der Waals surface area contributed by atoms with Crippen LogP contribution in [-0.2, 0) is 0 Å². The first-order chi connectivity index (χ1) is 13.1. The number of benzene rings is 1. The summed E-state index contributed by atoms with van der Waals surface area (Å²) < 4.78 is 15.6. The van der Waals surface area contributed by atoms with Crippen LogP contribution in [0.5, 0.6) is 5.75 Å². The van der Waals surface area contributed by atoms with Crippen LogP contribution >= 0.6 is 11.3 Å². The third-order valence-corrected chi connectivity index (χ3v) is 4.73. The summed E-state index contributed by atoms with van der Waals surface area (Å²) in [4.78, 5) is 29.7. The molecule has 0 spiro atoms. The number of rotatable bonds is 4. The van der Waals surface area contributed by atoms with Crippen LogP contribution in [0.25, 0.3) is 21.7 Å². The molecule has 1 aromatic carbocycles. The Balaban J connectivity index is 1.70. The van der Waals surface area contributed by atoms with Crippen LogP contribution in [0.4, 0.5) is 5.69 Å². The van der Waals surface area contributed by atoms with Gasteiger partial charge in [0.25, 0.3) is 11.8 Å². The molecule has 4 rings (SSSR count). The van der Waals surface area contributed by atoms with Crippen molar-refractivity contribution >= 4 is 33.9 Å². The van der Waals surface area contributed by atoms with Gasteiger partial charge in [0, 0.05) is 5.39 Å². The lowest BCUT2D eigenvalue weighted by Crippen LogP contribution is -2.20. The third kappa shape index (κ3) is 3.08. The summed E-state index contributed by atoms with van der Waals surface area (Å²) in [6, 6.07) is 8.33. The first-order valence-corrected chi connectivity index (χ1v) is 8.75. The average Bonchev–Trinajstić information content (AvgIpc) is 3.29. The van der Waals surface area contributed by atoms with E-state index in [-0.39, 0.29) is 5.56 Å². The van der Waals surface area contributed by atoms with Gasteiger partial charge in [-0.05, 0) is 30.5 Å². The molecule has 8 nitrogen and oxygen atoms in total. The molecule has 0 aliphatic rings. The van der Waals surface area contributed by atoms with Gasteiger partial charge in [0.2, 0.25) is 0 Å². The molecule has 0 radical (unpaired) electrons. The highest BCUT2D eigenvalue weighted by atomic mass is 32.1. The van der Waals surface area contributed by atoms with Crippen molar-refractivity contribution in [2.45, 2.75) is 6.92 Å². The number of methoxy groups -OCH3 is 1. The number of aryl methyl sites for hydroxylation is 1. The van der Waals surface area contributed by atoms with E-state index in [1.165, 1.54) is 24.5 Å². The molecule has 0 saturated heterocycles. The van der Waals surface area contributed by atoms with Gasteiger partial charge < -0.3 is 19.0 Å². The minimum absolute atomic E-state index is 0.116. The zero-order valence-electron chi connectivity index (χ0n) is 14.3. The maximum absolute atomic E-state index is 12.7. The zero-order valence-corrected chi connectivity index (χ0v) is 15.1. The maximum Gasteiger partial charge on any atom is 0.349 e. The summed E-state index contributed by atoms with van der Waals surface area (Å²) in [6.45, 7) is 1.70. The quantitative estimate of drug-likeness (QED) is 0.538. The van der Waals surface area contributed by atoms with E-state index in [9.17, 15) is 9.59 Å².